The van der Waals surface area contributed by atoms with Crippen LogP contribution in [0.4, 0.5) is 0 Å². The molecular formula is C11H14INO. The number of benzene rings is 1. The van der Waals surface area contributed by atoms with Crippen LogP contribution < -0.4 is 10.1 Å². The van der Waals surface area contributed by atoms with Gasteiger partial charge in [-0.1, -0.05) is 12.1 Å². The van der Waals surface area contributed by atoms with Gasteiger partial charge in [-0.2, -0.15) is 0 Å². The van der Waals surface area contributed by atoms with Crippen LogP contribution in [-0.2, 0) is 0 Å². The van der Waals surface area contributed by atoms with Crippen LogP contribution in [0.5, 0.6) is 5.75 Å². The predicted octanol–water partition coefficient (Wildman–Crippen LogP) is 2.42. The lowest BCUT2D eigenvalue weighted by Crippen LogP contribution is -2.28. The third-order valence-electron chi connectivity index (χ3n) is 2.44. The average molecular weight is 303 g/mol. The smallest absolute Gasteiger partial charge is 0.132 e. The summed E-state index contributed by atoms with van der Waals surface area (Å²) >= 11 is 2.30. The Bertz CT molecular complexity index is 297. The van der Waals surface area contributed by atoms with E-state index in [9.17, 15) is 0 Å². The maximum absolute atomic E-state index is 5.75. The van der Waals surface area contributed by atoms with E-state index in [0.29, 0.717) is 6.04 Å². The molecule has 1 atom stereocenters. The van der Waals surface area contributed by atoms with Crippen LogP contribution in [-0.4, -0.2) is 19.2 Å². The molecule has 2 rings (SSSR count). The van der Waals surface area contributed by atoms with Crippen molar-refractivity contribution >= 4 is 22.6 Å². The lowest BCUT2D eigenvalue weighted by Gasteiger charge is -2.12. The molecule has 0 unspecified atom stereocenters. The molecule has 1 saturated heterocycles. The lowest BCUT2D eigenvalue weighted by atomic mass is 10.2. The Morgan fingerprint density at radius 2 is 2.29 bits per heavy atom. The summed E-state index contributed by atoms with van der Waals surface area (Å²) in [7, 11) is 0. The SMILES string of the molecule is Ic1ccccc1OC[C@H]1CCCN1. The molecule has 0 saturated carbocycles. The fraction of sp³-hybridized carbons (Fsp3) is 0.455. The summed E-state index contributed by atoms with van der Waals surface area (Å²) < 4.78 is 6.93. The van der Waals surface area contributed by atoms with E-state index in [-0.39, 0.29) is 0 Å². The van der Waals surface area contributed by atoms with Crippen LogP contribution in [0.2, 0.25) is 0 Å². The Hall–Kier alpha value is -0.290. The fourth-order valence-electron chi connectivity index (χ4n) is 1.65. The first-order chi connectivity index (χ1) is 6.86. The highest BCUT2D eigenvalue weighted by Gasteiger charge is 2.14. The zero-order valence-electron chi connectivity index (χ0n) is 8.00. The molecule has 0 amide bonds. The van der Waals surface area contributed by atoms with E-state index in [2.05, 4.69) is 34.0 Å². The summed E-state index contributed by atoms with van der Waals surface area (Å²) in [6.45, 7) is 1.93. The minimum absolute atomic E-state index is 0.547. The highest BCUT2D eigenvalue weighted by Crippen LogP contribution is 2.20. The summed E-state index contributed by atoms with van der Waals surface area (Å²) in [6.07, 6.45) is 2.52. The topological polar surface area (TPSA) is 21.3 Å². The third kappa shape index (κ3) is 2.60. The van der Waals surface area contributed by atoms with Crippen molar-refractivity contribution in [1.29, 1.82) is 0 Å². The Kier molecular flexibility index (Phi) is 3.64. The van der Waals surface area contributed by atoms with E-state index in [1.807, 2.05) is 18.2 Å². The number of ether oxygens (including phenoxy) is 1. The fourth-order valence-corrected chi connectivity index (χ4v) is 2.19. The summed E-state index contributed by atoms with van der Waals surface area (Å²) in [5.41, 5.74) is 0. The quantitative estimate of drug-likeness (QED) is 0.866. The third-order valence-corrected chi connectivity index (χ3v) is 3.33. The monoisotopic (exact) mass is 303 g/mol. The van der Waals surface area contributed by atoms with Crippen molar-refractivity contribution in [2.45, 2.75) is 18.9 Å². The lowest BCUT2D eigenvalue weighted by molar-refractivity contribution is 0.275. The molecule has 0 aromatic heterocycles. The molecule has 1 fully saturated rings. The first-order valence-corrected chi connectivity index (χ1v) is 6.05. The molecule has 1 heterocycles. The van der Waals surface area contributed by atoms with Crippen molar-refractivity contribution in [3.05, 3.63) is 27.8 Å². The highest BCUT2D eigenvalue weighted by atomic mass is 127. The van der Waals surface area contributed by atoms with Gasteiger partial charge in [0, 0.05) is 6.04 Å². The molecule has 0 aliphatic carbocycles. The average Bonchev–Trinajstić information content (AvgIpc) is 2.69. The Morgan fingerprint density at radius 1 is 1.43 bits per heavy atom. The van der Waals surface area contributed by atoms with Crippen LogP contribution in [0.25, 0.3) is 0 Å². The maximum Gasteiger partial charge on any atom is 0.132 e. The highest BCUT2D eigenvalue weighted by molar-refractivity contribution is 14.1. The summed E-state index contributed by atoms with van der Waals surface area (Å²) in [5.74, 6) is 1.00. The number of hydrogen-bond acceptors (Lipinski definition) is 2. The van der Waals surface area contributed by atoms with Crippen molar-refractivity contribution in [3.63, 3.8) is 0 Å². The van der Waals surface area contributed by atoms with Gasteiger partial charge in [0.2, 0.25) is 0 Å². The van der Waals surface area contributed by atoms with Gasteiger partial charge in [0.15, 0.2) is 0 Å². The minimum atomic E-state index is 0.547. The van der Waals surface area contributed by atoms with Crippen LogP contribution >= 0.6 is 22.6 Å². The van der Waals surface area contributed by atoms with Crippen LogP contribution in [0.15, 0.2) is 24.3 Å². The largest absolute Gasteiger partial charge is 0.491 e. The Labute approximate surface area is 98.2 Å². The molecule has 1 aliphatic heterocycles. The van der Waals surface area contributed by atoms with Crippen LogP contribution in [0.3, 0.4) is 0 Å². The molecule has 0 radical (unpaired) electrons. The van der Waals surface area contributed by atoms with E-state index in [4.69, 9.17) is 4.74 Å². The number of halogens is 1. The molecule has 2 nitrogen and oxygen atoms in total. The van der Waals surface area contributed by atoms with E-state index in [0.717, 1.165) is 18.9 Å². The molecule has 1 aromatic rings. The van der Waals surface area contributed by atoms with Crippen molar-refractivity contribution in [2.24, 2.45) is 0 Å². The molecule has 76 valence electrons. The van der Waals surface area contributed by atoms with Gasteiger partial charge < -0.3 is 10.1 Å². The van der Waals surface area contributed by atoms with Gasteiger partial charge >= 0.3 is 0 Å². The molecule has 14 heavy (non-hydrogen) atoms. The zero-order valence-corrected chi connectivity index (χ0v) is 10.2. The van der Waals surface area contributed by atoms with Gasteiger partial charge in [-0.15, -0.1) is 0 Å². The standard InChI is InChI=1S/C11H14INO/c12-10-5-1-2-6-11(10)14-8-9-4-3-7-13-9/h1-2,5-6,9,13H,3-4,7-8H2/t9-/m1/s1. The number of nitrogens with one attached hydrogen (secondary N) is 1. The van der Waals surface area contributed by atoms with Gasteiger partial charge in [-0.05, 0) is 54.1 Å². The number of hydrogen-bond donors (Lipinski definition) is 1. The van der Waals surface area contributed by atoms with Gasteiger partial charge in [0.05, 0.1) is 3.57 Å². The molecule has 0 bridgehead atoms. The second-order valence-corrected chi connectivity index (χ2v) is 4.70. The number of para-hydroxylation sites is 1. The predicted molar refractivity (Wildman–Crippen MR) is 65.7 cm³/mol. The van der Waals surface area contributed by atoms with Gasteiger partial charge in [-0.25, -0.2) is 0 Å². The summed E-state index contributed by atoms with van der Waals surface area (Å²) in [4.78, 5) is 0. The Balaban J connectivity index is 1.88. The number of rotatable bonds is 3. The Morgan fingerprint density at radius 3 is 3.00 bits per heavy atom. The first kappa shape index (κ1) is 10.2. The summed E-state index contributed by atoms with van der Waals surface area (Å²) in [5, 5.41) is 3.42. The summed E-state index contributed by atoms with van der Waals surface area (Å²) in [6, 6.07) is 8.68. The van der Waals surface area contributed by atoms with E-state index >= 15 is 0 Å². The van der Waals surface area contributed by atoms with E-state index in [1.165, 1.54) is 16.4 Å². The molecule has 0 spiro atoms. The second kappa shape index (κ2) is 4.98. The van der Waals surface area contributed by atoms with Gasteiger partial charge in [0.1, 0.15) is 12.4 Å². The second-order valence-electron chi connectivity index (χ2n) is 3.53. The molecule has 1 N–H and O–H groups in total. The molecule has 3 heteroatoms. The van der Waals surface area contributed by atoms with Crippen molar-refractivity contribution in [1.82, 2.24) is 5.32 Å². The normalized spacial score (nSPS) is 21.1. The van der Waals surface area contributed by atoms with Gasteiger partial charge in [0.25, 0.3) is 0 Å². The minimum Gasteiger partial charge on any atom is -0.491 e. The van der Waals surface area contributed by atoms with Crippen molar-refractivity contribution < 1.29 is 4.74 Å². The zero-order chi connectivity index (χ0) is 9.80. The van der Waals surface area contributed by atoms with Crippen LogP contribution in [0.1, 0.15) is 12.8 Å². The molecule has 1 aliphatic rings. The van der Waals surface area contributed by atoms with E-state index < -0.39 is 0 Å². The van der Waals surface area contributed by atoms with Crippen LogP contribution in [0, 0.1) is 3.57 Å². The van der Waals surface area contributed by atoms with Crippen molar-refractivity contribution in [2.75, 3.05) is 13.2 Å². The maximum atomic E-state index is 5.75. The van der Waals surface area contributed by atoms with E-state index in [1.54, 1.807) is 0 Å². The van der Waals surface area contributed by atoms with Crippen molar-refractivity contribution in [3.8, 4) is 5.75 Å². The van der Waals surface area contributed by atoms with Gasteiger partial charge in [-0.3, -0.25) is 0 Å². The molecular weight excluding hydrogens is 289 g/mol. The molecule has 1 aromatic carbocycles. The first-order valence-electron chi connectivity index (χ1n) is 4.97.